The van der Waals surface area contributed by atoms with Crippen molar-refractivity contribution < 1.29 is 4.79 Å². The van der Waals surface area contributed by atoms with E-state index in [4.69, 9.17) is 0 Å². The highest BCUT2D eigenvalue weighted by Gasteiger charge is 2.31. The van der Waals surface area contributed by atoms with E-state index < -0.39 is 0 Å². The Morgan fingerprint density at radius 2 is 2.10 bits per heavy atom. The number of nitrogens with zero attached hydrogens (tertiary/aromatic N) is 1. The Bertz CT molecular complexity index is 775. The van der Waals surface area contributed by atoms with Crippen LogP contribution in [-0.2, 0) is 4.79 Å². The number of hydrogen-bond donors (Lipinski definition) is 2. The number of hydrogen-bond acceptors (Lipinski definition) is 4. The molecule has 0 unspecified atom stereocenters. The number of amides is 1. The lowest BCUT2D eigenvalue weighted by molar-refractivity contribution is -0.116. The Morgan fingerprint density at radius 3 is 2.81 bits per heavy atom. The van der Waals surface area contributed by atoms with Crippen molar-refractivity contribution in [2.24, 2.45) is 0 Å². The fourth-order valence-corrected chi connectivity index (χ4v) is 3.41. The van der Waals surface area contributed by atoms with Crippen LogP contribution in [0.5, 0.6) is 0 Å². The summed E-state index contributed by atoms with van der Waals surface area (Å²) in [5.74, 6) is -0.0648. The van der Waals surface area contributed by atoms with Gasteiger partial charge < -0.3 is 10.3 Å². The summed E-state index contributed by atoms with van der Waals surface area (Å²) in [6, 6.07) is 7.61. The molecule has 1 aliphatic rings. The van der Waals surface area contributed by atoms with Crippen LogP contribution in [-0.4, -0.2) is 22.1 Å². The fraction of sp³-hybridized carbons (Fsp3) is 0.214. The zero-order chi connectivity index (χ0) is 15.0. The molecule has 2 heterocycles. The van der Waals surface area contributed by atoms with Crippen LogP contribution < -0.4 is 10.9 Å². The number of benzene rings is 1. The maximum atomic E-state index is 12.4. The third kappa shape index (κ3) is 2.63. The van der Waals surface area contributed by atoms with E-state index in [9.17, 15) is 9.59 Å². The minimum absolute atomic E-state index is 0.131. The van der Waals surface area contributed by atoms with Gasteiger partial charge in [0.2, 0.25) is 5.91 Å². The molecular formula is C14H12BrN3O2S. The molecule has 0 spiro atoms. The lowest BCUT2D eigenvalue weighted by Crippen LogP contribution is -2.31. The second-order valence-electron chi connectivity index (χ2n) is 4.66. The predicted octanol–water partition coefficient (Wildman–Crippen LogP) is 2.73. The minimum atomic E-state index is -0.295. The number of rotatable bonds is 2. The van der Waals surface area contributed by atoms with Gasteiger partial charge in [-0.2, -0.15) is 0 Å². The maximum absolute atomic E-state index is 12.4. The number of H-pyrrole nitrogens is 1. The highest BCUT2D eigenvalue weighted by molar-refractivity contribution is 9.10. The zero-order valence-electron chi connectivity index (χ0n) is 11.1. The number of aromatic amines is 1. The number of carbonyl (C=O) groups excluding carboxylic acids is 1. The van der Waals surface area contributed by atoms with Gasteiger partial charge in [0.25, 0.3) is 5.56 Å². The Balaban J connectivity index is 2.21. The number of halogens is 1. The number of aromatic nitrogens is 2. The molecule has 1 aliphatic heterocycles. The summed E-state index contributed by atoms with van der Waals surface area (Å²) in [6.45, 7) is 0. The molecule has 0 saturated carbocycles. The van der Waals surface area contributed by atoms with Crippen molar-refractivity contribution in [1.29, 1.82) is 0 Å². The summed E-state index contributed by atoms with van der Waals surface area (Å²) >= 11 is 4.82. The highest BCUT2D eigenvalue weighted by atomic mass is 79.9. The molecule has 0 fully saturated rings. The molecule has 2 N–H and O–H groups in total. The van der Waals surface area contributed by atoms with Crippen LogP contribution in [0.2, 0.25) is 0 Å². The van der Waals surface area contributed by atoms with Crippen LogP contribution in [0.4, 0.5) is 5.82 Å². The molecule has 108 valence electrons. The number of fused-ring (bicyclic) bond motifs is 1. The first-order valence-corrected chi connectivity index (χ1v) is 8.34. The van der Waals surface area contributed by atoms with E-state index in [1.165, 1.54) is 11.8 Å². The van der Waals surface area contributed by atoms with Gasteiger partial charge in [0.15, 0.2) is 5.16 Å². The average molecular weight is 366 g/mol. The highest BCUT2D eigenvalue weighted by Crippen LogP contribution is 2.37. The van der Waals surface area contributed by atoms with E-state index in [2.05, 4.69) is 31.2 Å². The minimum Gasteiger partial charge on any atom is -0.310 e. The van der Waals surface area contributed by atoms with Crippen LogP contribution in [0, 0.1) is 0 Å². The Kier molecular flexibility index (Phi) is 3.86. The average Bonchev–Trinajstić information content (AvgIpc) is 2.46. The van der Waals surface area contributed by atoms with Crippen molar-refractivity contribution in [3.8, 4) is 0 Å². The van der Waals surface area contributed by atoms with Gasteiger partial charge in [-0.1, -0.05) is 45.9 Å². The number of nitrogens with one attached hydrogen (secondary N) is 2. The van der Waals surface area contributed by atoms with Gasteiger partial charge in [-0.05, 0) is 17.9 Å². The molecule has 1 aromatic carbocycles. The van der Waals surface area contributed by atoms with Crippen molar-refractivity contribution in [3.63, 3.8) is 0 Å². The summed E-state index contributed by atoms with van der Waals surface area (Å²) in [5, 5.41) is 3.19. The third-order valence-electron chi connectivity index (χ3n) is 3.40. The van der Waals surface area contributed by atoms with E-state index in [0.717, 1.165) is 10.0 Å². The molecule has 7 heteroatoms. The zero-order valence-corrected chi connectivity index (χ0v) is 13.5. The first-order valence-electron chi connectivity index (χ1n) is 6.32. The molecule has 1 atom stereocenters. The van der Waals surface area contributed by atoms with Crippen LogP contribution in [0.15, 0.2) is 38.7 Å². The molecule has 5 nitrogen and oxygen atoms in total. The largest absolute Gasteiger partial charge is 0.310 e. The standard InChI is InChI=1S/C14H12BrN3O2S/c1-21-14-17-12-11(13(20)18-14)8(6-10(19)16-12)7-4-2-3-5-9(7)15/h2-5,8H,6H2,1H3,(H2,16,17,18,19,20)/t8-/m0/s1. The SMILES string of the molecule is CSc1nc2c(c(=O)[nH]1)[C@H](c1ccccc1Br)CC(=O)N2. The predicted molar refractivity (Wildman–Crippen MR) is 85.9 cm³/mol. The smallest absolute Gasteiger partial charge is 0.257 e. The van der Waals surface area contributed by atoms with Gasteiger partial charge in [0.05, 0.1) is 5.56 Å². The van der Waals surface area contributed by atoms with E-state index in [-0.39, 0.29) is 23.8 Å². The fourth-order valence-electron chi connectivity index (χ4n) is 2.47. The van der Waals surface area contributed by atoms with Crippen molar-refractivity contribution >= 4 is 39.4 Å². The van der Waals surface area contributed by atoms with E-state index in [1.54, 1.807) is 0 Å². The second-order valence-corrected chi connectivity index (χ2v) is 6.31. The molecular weight excluding hydrogens is 354 g/mol. The first kappa shape index (κ1) is 14.3. The van der Waals surface area contributed by atoms with E-state index in [0.29, 0.717) is 16.5 Å². The van der Waals surface area contributed by atoms with E-state index in [1.807, 2.05) is 30.5 Å². The van der Waals surface area contributed by atoms with Gasteiger partial charge in [-0.15, -0.1) is 0 Å². The third-order valence-corrected chi connectivity index (χ3v) is 4.71. The Morgan fingerprint density at radius 1 is 1.33 bits per heavy atom. The topological polar surface area (TPSA) is 74.8 Å². The van der Waals surface area contributed by atoms with Crippen molar-refractivity contribution in [2.45, 2.75) is 17.5 Å². The molecule has 1 amide bonds. The lowest BCUT2D eigenvalue weighted by atomic mass is 9.87. The van der Waals surface area contributed by atoms with Crippen LogP contribution in [0.1, 0.15) is 23.5 Å². The quantitative estimate of drug-likeness (QED) is 0.633. The Hall–Kier alpha value is -1.60. The van der Waals surface area contributed by atoms with Gasteiger partial charge in [-0.25, -0.2) is 4.98 Å². The van der Waals surface area contributed by atoms with Gasteiger partial charge in [0.1, 0.15) is 5.82 Å². The second kappa shape index (κ2) is 5.65. The summed E-state index contributed by atoms with van der Waals surface area (Å²) in [5.41, 5.74) is 1.22. The summed E-state index contributed by atoms with van der Waals surface area (Å²) in [4.78, 5) is 31.4. The van der Waals surface area contributed by atoms with Gasteiger partial charge in [-0.3, -0.25) is 9.59 Å². The molecule has 21 heavy (non-hydrogen) atoms. The summed E-state index contributed by atoms with van der Waals surface area (Å²) < 4.78 is 0.879. The molecule has 1 aromatic heterocycles. The van der Waals surface area contributed by atoms with E-state index >= 15 is 0 Å². The van der Waals surface area contributed by atoms with Crippen LogP contribution in [0.25, 0.3) is 0 Å². The van der Waals surface area contributed by atoms with Crippen LogP contribution >= 0.6 is 27.7 Å². The van der Waals surface area contributed by atoms with Gasteiger partial charge in [0, 0.05) is 16.8 Å². The molecule has 0 bridgehead atoms. The maximum Gasteiger partial charge on any atom is 0.257 e. The lowest BCUT2D eigenvalue weighted by Gasteiger charge is -2.25. The van der Waals surface area contributed by atoms with Crippen molar-refractivity contribution in [2.75, 3.05) is 11.6 Å². The Labute approximate surface area is 133 Å². The number of thioether (sulfide) groups is 1. The van der Waals surface area contributed by atoms with Crippen molar-refractivity contribution in [1.82, 2.24) is 9.97 Å². The molecule has 0 saturated heterocycles. The van der Waals surface area contributed by atoms with Gasteiger partial charge >= 0.3 is 0 Å². The first-order chi connectivity index (χ1) is 10.1. The summed E-state index contributed by atoms with van der Waals surface area (Å²) in [7, 11) is 0. The molecule has 0 radical (unpaired) electrons. The molecule has 0 aliphatic carbocycles. The monoisotopic (exact) mass is 365 g/mol. The molecule has 3 rings (SSSR count). The number of carbonyl (C=O) groups is 1. The normalized spacial score (nSPS) is 17.2. The van der Waals surface area contributed by atoms with Crippen molar-refractivity contribution in [3.05, 3.63) is 50.2 Å². The summed E-state index contributed by atoms with van der Waals surface area (Å²) in [6.07, 6.45) is 2.06. The number of anilines is 1. The molecule has 2 aromatic rings. The van der Waals surface area contributed by atoms with Crippen LogP contribution in [0.3, 0.4) is 0 Å².